The minimum absolute atomic E-state index is 0.128. The number of hydrogen-bond acceptors (Lipinski definition) is 7. The molecule has 0 saturated carbocycles. The number of amides is 1. The summed E-state index contributed by atoms with van der Waals surface area (Å²) in [5.41, 5.74) is 2.89. The number of phenolic OH excluding ortho intramolecular Hbond substituents is 1. The molecule has 31 heavy (non-hydrogen) atoms. The monoisotopic (exact) mass is 427 g/mol. The molecule has 0 bridgehead atoms. The number of anilines is 1. The van der Waals surface area contributed by atoms with E-state index in [4.69, 9.17) is 19.2 Å². The third-order valence-electron chi connectivity index (χ3n) is 5.23. The smallest absolute Gasteiger partial charge is 0.411 e. The van der Waals surface area contributed by atoms with E-state index in [1.54, 1.807) is 25.3 Å². The van der Waals surface area contributed by atoms with Gasteiger partial charge in [0.15, 0.2) is 5.76 Å². The van der Waals surface area contributed by atoms with Gasteiger partial charge in [-0.15, -0.1) is 0 Å². The van der Waals surface area contributed by atoms with Crippen molar-refractivity contribution in [2.24, 2.45) is 0 Å². The molecule has 0 unspecified atom stereocenters. The summed E-state index contributed by atoms with van der Waals surface area (Å²) in [6, 6.07) is 8.84. The number of pyridine rings is 1. The Balaban J connectivity index is 1.85. The Kier molecular flexibility index (Phi) is 6.24. The SMILES string of the molecule is COCCOC1=CN(C(=O)O)Cc2c(-c3cccc(O)c3)cc(N3CCOCC3)nc21. The summed E-state index contributed by atoms with van der Waals surface area (Å²) in [6.45, 7) is 3.39. The number of hydrogen-bond donors (Lipinski definition) is 2. The second-order valence-electron chi connectivity index (χ2n) is 7.25. The van der Waals surface area contributed by atoms with E-state index in [-0.39, 0.29) is 18.9 Å². The van der Waals surface area contributed by atoms with Crippen LogP contribution >= 0.6 is 0 Å². The summed E-state index contributed by atoms with van der Waals surface area (Å²) < 4.78 is 16.4. The number of morpholine rings is 1. The van der Waals surface area contributed by atoms with Gasteiger partial charge in [0.25, 0.3) is 0 Å². The van der Waals surface area contributed by atoms with Crippen LogP contribution in [0.5, 0.6) is 5.75 Å². The highest BCUT2D eigenvalue weighted by Gasteiger charge is 2.28. The molecule has 9 heteroatoms. The molecule has 2 aromatic rings. The predicted molar refractivity (Wildman–Crippen MR) is 114 cm³/mol. The number of aromatic nitrogens is 1. The Bertz CT molecular complexity index is 987. The average molecular weight is 427 g/mol. The Morgan fingerprint density at radius 3 is 2.74 bits per heavy atom. The number of carboxylic acid groups (broad SMARTS) is 1. The predicted octanol–water partition coefficient (Wildman–Crippen LogP) is 2.75. The second kappa shape index (κ2) is 9.23. The average Bonchev–Trinajstić information content (AvgIpc) is 2.79. The first-order valence-electron chi connectivity index (χ1n) is 10.1. The van der Waals surface area contributed by atoms with Gasteiger partial charge >= 0.3 is 6.09 Å². The fraction of sp³-hybridized carbons (Fsp3) is 0.364. The van der Waals surface area contributed by atoms with Gasteiger partial charge in [-0.05, 0) is 29.3 Å². The normalized spacial score (nSPS) is 16.0. The topological polar surface area (TPSA) is 105 Å². The zero-order valence-corrected chi connectivity index (χ0v) is 17.3. The molecule has 1 fully saturated rings. The van der Waals surface area contributed by atoms with Crippen LogP contribution in [0.1, 0.15) is 11.3 Å². The largest absolute Gasteiger partial charge is 0.508 e. The molecule has 2 aliphatic heterocycles. The first-order chi connectivity index (χ1) is 15.1. The van der Waals surface area contributed by atoms with E-state index < -0.39 is 6.09 Å². The third kappa shape index (κ3) is 4.57. The molecule has 164 valence electrons. The minimum atomic E-state index is -1.09. The number of fused-ring (bicyclic) bond motifs is 1. The van der Waals surface area contributed by atoms with Crippen LogP contribution in [0, 0.1) is 0 Å². The number of carbonyl (C=O) groups is 1. The minimum Gasteiger partial charge on any atom is -0.508 e. The third-order valence-corrected chi connectivity index (χ3v) is 5.23. The van der Waals surface area contributed by atoms with Crippen LogP contribution < -0.4 is 4.90 Å². The summed E-state index contributed by atoms with van der Waals surface area (Å²) in [7, 11) is 1.57. The van der Waals surface area contributed by atoms with Gasteiger partial charge in [0.1, 0.15) is 23.9 Å². The molecular weight excluding hydrogens is 402 g/mol. The van der Waals surface area contributed by atoms with Crippen LogP contribution in [0.15, 0.2) is 36.5 Å². The number of nitrogens with zero attached hydrogens (tertiary/aromatic N) is 3. The van der Waals surface area contributed by atoms with Crippen molar-refractivity contribution in [2.75, 3.05) is 51.5 Å². The summed E-state index contributed by atoms with van der Waals surface area (Å²) >= 11 is 0. The van der Waals surface area contributed by atoms with Gasteiger partial charge < -0.3 is 29.3 Å². The maximum absolute atomic E-state index is 11.8. The molecule has 1 saturated heterocycles. The van der Waals surface area contributed by atoms with Crippen LogP contribution in [-0.2, 0) is 20.8 Å². The zero-order valence-electron chi connectivity index (χ0n) is 17.3. The molecule has 0 aliphatic carbocycles. The van der Waals surface area contributed by atoms with E-state index in [2.05, 4.69) is 4.90 Å². The highest BCUT2D eigenvalue weighted by Crippen LogP contribution is 2.37. The van der Waals surface area contributed by atoms with E-state index in [9.17, 15) is 15.0 Å². The first kappa shape index (κ1) is 21.0. The van der Waals surface area contributed by atoms with Gasteiger partial charge in [0.2, 0.25) is 0 Å². The molecule has 1 amide bonds. The van der Waals surface area contributed by atoms with E-state index >= 15 is 0 Å². The Hall–Kier alpha value is -3.30. The van der Waals surface area contributed by atoms with Gasteiger partial charge in [-0.25, -0.2) is 9.78 Å². The maximum atomic E-state index is 11.8. The number of aromatic hydroxyl groups is 1. The Morgan fingerprint density at radius 2 is 2.03 bits per heavy atom. The van der Waals surface area contributed by atoms with Crippen LogP contribution in [0.25, 0.3) is 16.9 Å². The van der Waals surface area contributed by atoms with Crippen molar-refractivity contribution in [1.29, 1.82) is 0 Å². The highest BCUT2D eigenvalue weighted by atomic mass is 16.5. The maximum Gasteiger partial charge on any atom is 0.411 e. The lowest BCUT2D eigenvalue weighted by atomic mass is 9.95. The van der Waals surface area contributed by atoms with Crippen molar-refractivity contribution in [1.82, 2.24) is 9.88 Å². The molecular formula is C22H25N3O6. The molecule has 2 N–H and O–H groups in total. The molecule has 0 spiro atoms. The molecule has 0 atom stereocenters. The Labute approximate surface area is 180 Å². The quantitative estimate of drug-likeness (QED) is 0.678. The zero-order chi connectivity index (χ0) is 21.8. The molecule has 1 aromatic carbocycles. The van der Waals surface area contributed by atoms with Crippen molar-refractivity contribution < 1.29 is 29.2 Å². The number of benzene rings is 1. The van der Waals surface area contributed by atoms with Gasteiger partial charge in [0.05, 0.1) is 32.6 Å². The van der Waals surface area contributed by atoms with Crippen molar-refractivity contribution in [3.05, 3.63) is 47.8 Å². The van der Waals surface area contributed by atoms with E-state index in [0.717, 1.165) is 22.5 Å². The number of rotatable bonds is 6. The number of ether oxygens (including phenoxy) is 3. The second-order valence-corrected chi connectivity index (χ2v) is 7.25. The number of methoxy groups -OCH3 is 1. The summed E-state index contributed by atoms with van der Waals surface area (Å²) in [5.74, 6) is 1.26. The lowest BCUT2D eigenvalue weighted by molar-refractivity contribution is 0.122. The first-order valence-corrected chi connectivity index (χ1v) is 10.1. The van der Waals surface area contributed by atoms with Crippen LogP contribution in [0.4, 0.5) is 10.6 Å². The van der Waals surface area contributed by atoms with E-state index in [1.807, 2.05) is 12.1 Å². The van der Waals surface area contributed by atoms with Crippen molar-refractivity contribution in [2.45, 2.75) is 6.54 Å². The van der Waals surface area contributed by atoms with Gasteiger partial charge in [-0.1, -0.05) is 12.1 Å². The van der Waals surface area contributed by atoms with E-state index in [1.165, 1.54) is 11.1 Å². The van der Waals surface area contributed by atoms with Crippen LogP contribution in [0.2, 0.25) is 0 Å². The fourth-order valence-corrected chi connectivity index (χ4v) is 3.69. The molecule has 0 radical (unpaired) electrons. The van der Waals surface area contributed by atoms with Crippen molar-refractivity contribution >= 4 is 17.7 Å². The van der Waals surface area contributed by atoms with Gasteiger partial charge in [-0.2, -0.15) is 0 Å². The van der Waals surface area contributed by atoms with Gasteiger partial charge in [-0.3, -0.25) is 4.90 Å². The fourth-order valence-electron chi connectivity index (χ4n) is 3.69. The van der Waals surface area contributed by atoms with Gasteiger partial charge in [0, 0.05) is 25.8 Å². The number of phenols is 1. The summed E-state index contributed by atoms with van der Waals surface area (Å²) in [5, 5.41) is 19.7. The molecule has 9 nitrogen and oxygen atoms in total. The standard InChI is InChI=1S/C22H25N3O6/c1-29-9-10-31-19-14-25(22(27)28)13-18-17(15-3-2-4-16(26)11-15)12-20(23-21(18)19)24-5-7-30-8-6-24/h2-4,11-12,14,26H,5-10,13H2,1H3,(H,27,28). The summed E-state index contributed by atoms with van der Waals surface area (Å²) in [4.78, 5) is 19.9. The van der Waals surface area contributed by atoms with Crippen molar-refractivity contribution in [3.8, 4) is 16.9 Å². The molecule has 2 aliphatic rings. The molecule has 1 aromatic heterocycles. The van der Waals surface area contributed by atoms with E-state index in [0.29, 0.717) is 44.4 Å². The van der Waals surface area contributed by atoms with Crippen LogP contribution in [0.3, 0.4) is 0 Å². The molecule has 4 rings (SSSR count). The summed E-state index contributed by atoms with van der Waals surface area (Å²) in [6.07, 6.45) is 0.375. The highest BCUT2D eigenvalue weighted by molar-refractivity contribution is 5.81. The lowest BCUT2D eigenvalue weighted by Crippen LogP contribution is -2.37. The van der Waals surface area contributed by atoms with Crippen LogP contribution in [-0.4, -0.2) is 72.8 Å². The van der Waals surface area contributed by atoms with Crippen molar-refractivity contribution in [3.63, 3.8) is 0 Å². The molecule has 3 heterocycles. The Morgan fingerprint density at radius 1 is 1.23 bits per heavy atom. The lowest BCUT2D eigenvalue weighted by Gasteiger charge is -2.31.